The predicted molar refractivity (Wildman–Crippen MR) is 65.0 cm³/mol. The van der Waals surface area contributed by atoms with Crippen LogP contribution in [0.4, 0.5) is 0 Å². The van der Waals surface area contributed by atoms with Gasteiger partial charge in [-0.1, -0.05) is 0 Å². The molecular formula is C8H4IN5S. The molecule has 15 heavy (non-hydrogen) atoms. The fourth-order valence-electron chi connectivity index (χ4n) is 1.27. The quantitative estimate of drug-likeness (QED) is 0.640. The molecule has 0 saturated carbocycles. The molecule has 0 N–H and O–H groups in total. The topological polar surface area (TPSA) is 56.5 Å². The summed E-state index contributed by atoms with van der Waals surface area (Å²) in [5.41, 5.74) is 2.55. The van der Waals surface area contributed by atoms with Crippen molar-refractivity contribution in [3.8, 4) is 5.82 Å². The maximum Gasteiger partial charge on any atom is 0.184 e. The van der Waals surface area contributed by atoms with E-state index in [1.807, 2.05) is 6.20 Å². The van der Waals surface area contributed by atoms with E-state index in [9.17, 15) is 0 Å². The van der Waals surface area contributed by atoms with Gasteiger partial charge in [-0.3, -0.25) is 0 Å². The summed E-state index contributed by atoms with van der Waals surface area (Å²) in [4.78, 5) is 13.4. The van der Waals surface area contributed by atoms with Gasteiger partial charge in [-0.25, -0.2) is 19.6 Å². The van der Waals surface area contributed by atoms with Crippen LogP contribution in [0.3, 0.4) is 0 Å². The molecule has 0 bridgehead atoms. The van der Waals surface area contributed by atoms with Crippen LogP contribution in [-0.4, -0.2) is 24.7 Å². The highest BCUT2D eigenvalue weighted by atomic mass is 127. The first kappa shape index (κ1) is 9.16. The number of hydrogen-bond donors (Lipinski definition) is 0. The Morgan fingerprint density at radius 3 is 3.00 bits per heavy atom. The third-order valence-corrected chi connectivity index (χ3v) is 3.17. The summed E-state index contributed by atoms with van der Waals surface area (Å²) in [6, 6.07) is 0. The van der Waals surface area contributed by atoms with E-state index in [1.54, 1.807) is 16.4 Å². The van der Waals surface area contributed by atoms with Gasteiger partial charge in [-0.05, 0) is 22.6 Å². The summed E-state index contributed by atoms with van der Waals surface area (Å²) in [5, 5.41) is 4.20. The second-order valence-corrected chi connectivity index (χ2v) is 4.89. The molecule has 0 unspecified atom stereocenters. The minimum Gasteiger partial charge on any atom is -0.239 e. The molecule has 0 aliphatic heterocycles. The standard InChI is InChI=1S/C8H4IN5S/c9-5-1-13-14(2-5)7-6-8(11-3-10-7)15-4-12-6/h1-4H. The summed E-state index contributed by atoms with van der Waals surface area (Å²) >= 11 is 3.70. The lowest BCUT2D eigenvalue weighted by Crippen LogP contribution is -1.99. The predicted octanol–water partition coefficient (Wildman–Crippen LogP) is 1.88. The first-order valence-electron chi connectivity index (χ1n) is 4.09. The summed E-state index contributed by atoms with van der Waals surface area (Å²) in [7, 11) is 0. The van der Waals surface area contributed by atoms with Gasteiger partial charge in [-0.2, -0.15) is 5.10 Å². The molecule has 0 atom stereocenters. The molecule has 0 fully saturated rings. The Morgan fingerprint density at radius 1 is 1.27 bits per heavy atom. The Kier molecular flexibility index (Phi) is 2.13. The third-order valence-electron chi connectivity index (χ3n) is 1.88. The van der Waals surface area contributed by atoms with Crippen LogP contribution >= 0.6 is 33.9 Å². The lowest BCUT2D eigenvalue weighted by molar-refractivity contribution is 0.848. The van der Waals surface area contributed by atoms with Crippen LogP contribution in [0.2, 0.25) is 0 Å². The first-order valence-corrected chi connectivity index (χ1v) is 6.05. The Labute approximate surface area is 102 Å². The minimum atomic E-state index is 0.726. The lowest BCUT2D eigenvalue weighted by atomic mass is 10.5. The van der Waals surface area contributed by atoms with Crippen LogP contribution in [0, 0.1) is 3.57 Å². The maximum atomic E-state index is 4.23. The van der Waals surface area contributed by atoms with E-state index in [-0.39, 0.29) is 0 Å². The van der Waals surface area contributed by atoms with Crippen LogP contribution in [0.15, 0.2) is 24.2 Å². The fraction of sp³-hybridized carbons (Fsp3) is 0. The van der Waals surface area contributed by atoms with Crippen molar-refractivity contribution in [1.82, 2.24) is 24.7 Å². The van der Waals surface area contributed by atoms with Crippen molar-refractivity contribution < 1.29 is 0 Å². The van der Waals surface area contributed by atoms with Gasteiger partial charge >= 0.3 is 0 Å². The van der Waals surface area contributed by atoms with Crippen LogP contribution in [0.1, 0.15) is 0 Å². The molecule has 0 amide bonds. The van der Waals surface area contributed by atoms with Crippen LogP contribution in [-0.2, 0) is 0 Å². The Morgan fingerprint density at radius 2 is 2.20 bits per heavy atom. The number of fused-ring (bicyclic) bond motifs is 1. The van der Waals surface area contributed by atoms with Crippen molar-refractivity contribution in [2.75, 3.05) is 0 Å². The van der Waals surface area contributed by atoms with Crippen molar-refractivity contribution in [2.45, 2.75) is 0 Å². The summed E-state index contributed by atoms with van der Waals surface area (Å²) < 4.78 is 2.78. The molecule has 7 heteroatoms. The van der Waals surface area contributed by atoms with Crippen LogP contribution < -0.4 is 0 Å². The van der Waals surface area contributed by atoms with E-state index in [4.69, 9.17) is 0 Å². The smallest absolute Gasteiger partial charge is 0.184 e. The zero-order valence-electron chi connectivity index (χ0n) is 7.33. The molecule has 74 valence electrons. The average Bonchev–Trinajstić information content (AvgIpc) is 2.84. The van der Waals surface area contributed by atoms with E-state index < -0.39 is 0 Å². The van der Waals surface area contributed by atoms with Gasteiger partial charge in [0.25, 0.3) is 0 Å². The molecule has 5 nitrogen and oxygen atoms in total. The molecule has 3 rings (SSSR count). The lowest BCUT2D eigenvalue weighted by Gasteiger charge is -1.98. The van der Waals surface area contributed by atoms with E-state index in [0.717, 1.165) is 19.7 Å². The zero-order valence-corrected chi connectivity index (χ0v) is 10.3. The molecule has 0 aliphatic carbocycles. The second-order valence-electron chi connectivity index (χ2n) is 2.81. The largest absolute Gasteiger partial charge is 0.239 e. The molecule has 3 heterocycles. The van der Waals surface area contributed by atoms with Gasteiger partial charge in [0.05, 0.1) is 15.3 Å². The molecule has 3 aromatic heterocycles. The van der Waals surface area contributed by atoms with Gasteiger partial charge in [0.1, 0.15) is 16.7 Å². The molecule has 0 radical (unpaired) electrons. The van der Waals surface area contributed by atoms with Crippen molar-refractivity contribution in [3.05, 3.63) is 27.8 Å². The second kappa shape index (κ2) is 3.49. The molecule has 0 aliphatic rings. The summed E-state index contributed by atoms with van der Waals surface area (Å²) in [6.07, 6.45) is 5.22. The molecule has 0 aromatic carbocycles. The van der Waals surface area contributed by atoms with Crippen molar-refractivity contribution in [2.24, 2.45) is 0 Å². The number of hydrogen-bond acceptors (Lipinski definition) is 5. The Balaban J connectivity index is 2.30. The third kappa shape index (κ3) is 1.51. The van der Waals surface area contributed by atoms with Gasteiger partial charge in [0, 0.05) is 6.20 Å². The number of rotatable bonds is 1. The SMILES string of the molecule is Ic1cnn(-c2ncnc3scnc23)c1. The average molecular weight is 329 g/mol. The highest BCUT2D eigenvalue weighted by Crippen LogP contribution is 2.19. The van der Waals surface area contributed by atoms with Crippen molar-refractivity contribution in [3.63, 3.8) is 0 Å². The first-order chi connectivity index (χ1) is 7.34. The summed E-state index contributed by atoms with van der Waals surface area (Å²) in [5.74, 6) is 0.726. The van der Waals surface area contributed by atoms with E-state index in [0.29, 0.717) is 0 Å². The van der Waals surface area contributed by atoms with E-state index >= 15 is 0 Å². The minimum absolute atomic E-state index is 0.726. The van der Waals surface area contributed by atoms with Gasteiger partial charge < -0.3 is 0 Å². The van der Waals surface area contributed by atoms with E-state index in [2.05, 4.69) is 42.6 Å². The monoisotopic (exact) mass is 329 g/mol. The maximum absolute atomic E-state index is 4.23. The van der Waals surface area contributed by atoms with E-state index in [1.165, 1.54) is 17.7 Å². The highest BCUT2D eigenvalue weighted by Gasteiger charge is 2.08. The van der Waals surface area contributed by atoms with Crippen molar-refractivity contribution >= 4 is 44.3 Å². The highest BCUT2D eigenvalue weighted by molar-refractivity contribution is 14.1. The van der Waals surface area contributed by atoms with Crippen LogP contribution in [0.5, 0.6) is 0 Å². The van der Waals surface area contributed by atoms with Gasteiger partial charge in [0.2, 0.25) is 0 Å². The van der Waals surface area contributed by atoms with Crippen LogP contribution in [0.25, 0.3) is 16.2 Å². The Hall–Kier alpha value is -1.09. The number of thiazole rings is 1. The zero-order chi connectivity index (χ0) is 10.3. The number of aromatic nitrogens is 5. The molecule has 0 spiro atoms. The molecular weight excluding hydrogens is 325 g/mol. The van der Waals surface area contributed by atoms with Gasteiger partial charge in [-0.15, -0.1) is 11.3 Å². The van der Waals surface area contributed by atoms with Gasteiger partial charge in [0.15, 0.2) is 5.82 Å². The summed E-state index contributed by atoms with van der Waals surface area (Å²) in [6.45, 7) is 0. The molecule has 3 aromatic rings. The Bertz CT molecular complexity index is 616. The fourth-order valence-corrected chi connectivity index (χ4v) is 2.28. The number of halogens is 1. The normalized spacial score (nSPS) is 11.0. The van der Waals surface area contributed by atoms with Crippen molar-refractivity contribution in [1.29, 1.82) is 0 Å². The number of nitrogens with zero attached hydrogens (tertiary/aromatic N) is 5. The molecule has 0 saturated heterocycles.